The van der Waals surface area contributed by atoms with Gasteiger partial charge in [0.05, 0.1) is 15.7 Å². The van der Waals surface area contributed by atoms with E-state index < -0.39 is 11.0 Å². The number of nitrogens with zero attached hydrogens (tertiary/aromatic N) is 1. The summed E-state index contributed by atoms with van der Waals surface area (Å²) in [5.74, 6) is 0. The molecule has 17 heavy (non-hydrogen) atoms. The Labute approximate surface area is 111 Å². The third-order valence-corrected chi connectivity index (χ3v) is 4.16. The molecule has 5 heteroatoms. The number of halogens is 1. The maximum absolute atomic E-state index is 12.0. The fourth-order valence-electron chi connectivity index (χ4n) is 1.31. The molecule has 0 radical (unpaired) electrons. The van der Waals surface area contributed by atoms with E-state index in [0.717, 1.165) is 11.3 Å². The molecule has 1 aromatic heterocycles. The third kappa shape index (κ3) is 4.37. The van der Waals surface area contributed by atoms with Crippen LogP contribution in [0.2, 0.25) is 5.15 Å². The van der Waals surface area contributed by atoms with E-state index in [2.05, 4.69) is 9.71 Å². The Morgan fingerprint density at radius 1 is 1.41 bits per heavy atom. The van der Waals surface area contributed by atoms with Crippen molar-refractivity contribution < 1.29 is 4.21 Å². The molecule has 0 saturated heterocycles. The van der Waals surface area contributed by atoms with Crippen molar-refractivity contribution in [2.24, 2.45) is 0 Å². The zero-order chi connectivity index (χ0) is 13.2. The van der Waals surface area contributed by atoms with Crippen molar-refractivity contribution in [2.75, 3.05) is 0 Å². The lowest BCUT2D eigenvalue weighted by atomic mass is 10.1. The summed E-state index contributed by atoms with van der Waals surface area (Å²) < 4.78 is 14.8. The Morgan fingerprint density at radius 3 is 2.47 bits per heavy atom. The van der Waals surface area contributed by atoms with Gasteiger partial charge in [-0.2, -0.15) is 0 Å². The molecule has 1 N–H and O–H groups in total. The molecule has 0 bridgehead atoms. The summed E-state index contributed by atoms with van der Waals surface area (Å²) in [6.07, 6.45) is 0. The van der Waals surface area contributed by atoms with Crippen LogP contribution in [0.4, 0.5) is 0 Å². The summed E-state index contributed by atoms with van der Waals surface area (Å²) in [6, 6.07) is 3.73. The monoisotopic (exact) mass is 274 g/mol. The average Bonchev–Trinajstić information content (AvgIpc) is 2.14. The Balaban J connectivity index is 2.83. The van der Waals surface area contributed by atoms with Gasteiger partial charge in [0.25, 0.3) is 0 Å². The second-order valence-corrected chi connectivity index (χ2v) is 7.47. The predicted octanol–water partition coefficient (Wildman–Crippen LogP) is 3.16. The van der Waals surface area contributed by atoms with E-state index >= 15 is 0 Å². The van der Waals surface area contributed by atoms with Crippen LogP contribution in [0.1, 0.15) is 45.0 Å². The zero-order valence-electron chi connectivity index (χ0n) is 10.9. The van der Waals surface area contributed by atoms with E-state index in [4.69, 9.17) is 11.6 Å². The second kappa shape index (κ2) is 5.46. The number of pyridine rings is 1. The first-order valence-electron chi connectivity index (χ1n) is 5.52. The fourth-order valence-corrected chi connectivity index (χ4v) is 2.38. The molecule has 0 spiro atoms. The van der Waals surface area contributed by atoms with Gasteiger partial charge < -0.3 is 0 Å². The van der Waals surface area contributed by atoms with Crippen molar-refractivity contribution in [3.8, 4) is 0 Å². The largest absolute Gasteiger partial charge is 0.242 e. The van der Waals surface area contributed by atoms with Gasteiger partial charge in [0.2, 0.25) is 0 Å². The Bertz CT molecular complexity index is 409. The summed E-state index contributed by atoms with van der Waals surface area (Å²) in [7, 11) is -1.09. The first kappa shape index (κ1) is 14.6. The van der Waals surface area contributed by atoms with E-state index in [1.807, 2.05) is 40.7 Å². The quantitative estimate of drug-likeness (QED) is 0.861. The van der Waals surface area contributed by atoms with Crippen LogP contribution in [0.5, 0.6) is 0 Å². The molecular weight excluding hydrogens is 256 g/mol. The number of hydrogen-bond donors (Lipinski definition) is 1. The molecule has 0 aliphatic rings. The van der Waals surface area contributed by atoms with Gasteiger partial charge in [0.15, 0.2) is 0 Å². The minimum Gasteiger partial charge on any atom is -0.242 e. The molecule has 1 unspecified atom stereocenters. The maximum atomic E-state index is 12.0. The number of hydrogen-bond acceptors (Lipinski definition) is 2. The second-order valence-electron chi connectivity index (χ2n) is 5.09. The van der Waals surface area contributed by atoms with Gasteiger partial charge in [0.1, 0.15) is 5.15 Å². The van der Waals surface area contributed by atoms with Gasteiger partial charge in [-0.05, 0) is 52.3 Å². The smallest absolute Gasteiger partial charge is 0.129 e. The molecule has 0 fully saturated rings. The van der Waals surface area contributed by atoms with E-state index in [1.165, 1.54) is 0 Å². The number of aryl methyl sites for hydroxylation is 1. The molecule has 0 aliphatic carbocycles. The normalized spacial score (nSPS) is 15.6. The summed E-state index contributed by atoms with van der Waals surface area (Å²) in [5, 5.41) is 0.468. The van der Waals surface area contributed by atoms with Crippen LogP contribution < -0.4 is 4.72 Å². The van der Waals surface area contributed by atoms with E-state index in [1.54, 1.807) is 6.07 Å². The van der Waals surface area contributed by atoms with Crippen LogP contribution >= 0.6 is 11.6 Å². The SMILES string of the molecule is Cc1cc([C@H](C)NS(=O)C(C)(C)C)cc(Cl)n1. The van der Waals surface area contributed by atoms with Crippen LogP contribution in [0.25, 0.3) is 0 Å². The van der Waals surface area contributed by atoms with E-state index in [9.17, 15) is 4.21 Å². The Hall–Kier alpha value is -0.450. The molecule has 1 rings (SSSR count). The van der Waals surface area contributed by atoms with Gasteiger partial charge in [0, 0.05) is 11.7 Å². The van der Waals surface area contributed by atoms with Crippen molar-refractivity contribution in [2.45, 2.75) is 45.4 Å². The van der Waals surface area contributed by atoms with Crippen LogP contribution in [0, 0.1) is 6.92 Å². The highest BCUT2D eigenvalue weighted by Gasteiger charge is 2.21. The molecule has 1 heterocycles. The summed E-state index contributed by atoms with van der Waals surface area (Å²) in [6.45, 7) is 9.67. The highest BCUT2D eigenvalue weighted by molar-refractivity contribution is 7.84. The molecule has 0 saturated carbocycles. The fraction of sp³-hybridized carbons (Fsp3) is 0.583. The summed E-state index contributed by atoms with van der Waals surface area (Å²) >= 11 is 5.91. The molecular formula is C12H19ClN2OS. The maximum Gasteiger partial charge on any atom is 0.129 e. The minimum absolute atomic E-state index is 0.0192. The van der Waals surface area contributed by atoms with Crippen molar-refractivity contribution in [3.05, 3.63) is 28.5 Å². The summed E-state index contributed by atoms with van der Waals surface area (Å²) in [5.41, 5.74) is 1.86. The van der Waals surface area contributed by atoms with Gasteiger partial charge >= 0.3 is 0 Å². The van der Waals surface area contributed by atoms with E-state index in [-0.39, 0.29) is 10.8 Å². The van der Waals surface area contributed by atoms with Gasteiger partial charge in [-0.1, -0.05) is 11.6 Å². The van der Waals surface area contributed by atoms with Crippen molar-refractivity contribution in [1.82, 2.24) is 9.71 Å². The molecule has 0 amide bonds. The van der Waals surface area contributed by atoms with Gasteiger partial charge in [-0.25, -0.2) is 13.9 Å². The van der Waals surface area contributed by atoms with Crippen LogP contribution in [0.3, 0.4) is 0 Å². The lowest BCUT2D eigenvalue weighted by Crippen LogP contribution is -2.34. The zero-order valence-corrected chi connectivity index (χ0v) is 12.4. The summed E-state index contributed by atoms with van der Waals surface area (Å²) in [4.78, 5) is 4.11. The van der Waals surface area contributed by atoms with E-state index in [0.29, 0.717) is 5.15 Å². The number of aromatic nitrogens is 1. The first-order valence-corrected chi connectivity index (χ1v) is 7.05. The van der Waals surface area contributed by atoms with Gasteiger partial charge in [-0.15, -0.1) is 0 Å². The number of rotatable bonds is 3. The number of nitrogens with one attached hydrogen (secondary N) is 1. The third-order valence-electron chi connectivity index (χ3n) is 2.28. The average molecular weight is 275 g/mol. The Kier molecular flexibility index (Phi) is 4.69. The molecule has 96 valence electrons. The highest BCUT2D eigenvalue weighted by atomic mass is 35.5. The van der Waals surface area contributed by atoms with Gasteiger partial charge in [-0.3, -0.25) is 0 Å². The van der Waals surface area contributed by atoms with Crippen LogP contribution in [0.15, 0.2) is 12.1 Å². The lowest BCUT2D eigenvalue weighted by molar-refractivity contribution is 0.616. The standard InChI is InChI=1S/C12H19ClN2OS/c1-8-6-10(7-11(13)14-8)9(2)15-17(16)12(3,4)5/h6-7,9,15H,1-5H3/t9-,17?/m0/s1. The molecule has 1 aromatic rings. The highest BCUT2D eigenvalue weighted by Crippen LogP contribution is 2.20. The molecule has 2 atom stereocenters. The van der Waals surface area contributed by atoms with Crippen LogP contribution in [-0.2, 0) is 11.0 Å². The van der Waals surface area contributed by atoms with Crippen molar-refractivity contribution in [1.29, 1.82) is 0 Å². The van der Waals surface area contributed by atoms with Crippen molar-refractivity contribution in [3.63, 3.8) is 0 Å². The predicted molar refractivity (Wildman–Crippen MR) is 73.4 cm³/mol. The lowest BCUT2D eigenvalue weighted by Gasteiger charge is -2.22. The molecule has 3 nitrogen and oxygen atoms in total. The Morgan fingerprint density at radius 2 is 2.00 bits per heavy atom. The van der Waals surface area contributed by atoms with Crippen LogP contribution in [-0.4, -0.2) is 13.9 Å². The molecule has 0 aromatic carbocycles. The minimum atomic E-state index is -1.09. The molecule has 0 aliphatic heterocycles. The topological polar surface area (TPSA) is 42.0 Å². The van der Waals surface area contributed by atoms with Crippen molar-refractivity contribution >= 4 is 22.6 Å². The first-order chi connectivity index (χ1) is 7.70.